The van der Waals surface area contributed by atoms with E-state index >= 15 is 0 Å². The minimum absolute atomic E-state index is 0.0708. The Hall–Kier alpha value is -3.48. The van der Waals surface area contributed by atoms with Crippen molar-refractivity contribution in [2.75, 3.05) is 33.3 Å². The number of carbonyl (C=O) groups excluding carboxylic acids is 2. The Morgan fingerprint density at radius 3 is 2.12 bits per heavy atom. The largest absolute Gasteiger partial charge is 0.497 e. The summed E-state index contributed by atoms with van der Waals surface area (Å²) in [5.74, 6) is 2.03. The Balaban J connectivity index is 1.87. The second-order valence-electron chi connectivity index (χ2n) is 7.80. The highest BCUT2D eigenvalue weighted by Gasteiger charge is 2.41. The summed E-state index contributed by atoms with van der Waals surface area (Å²) >= 11 is 0. The minimum atomic E-state index is -0.366. The van der Waals surface area contributed by atoms with Crippen LogP contribution < -0.4 is 23.8 Å². The van der Waals surface area contributed by atoms with Crippen LogP contribution in [0.1, 0.15) is 37.2 Å². The molecule has 1 aliphatic heterocycles. The normalized spacial score (nSPS) is 18.4. The number of hydrogen-bond acceptors (Lipinski definition) is 6. The molecular weight excluding hydrogens is 410 g/mol. The van der Waals surface area contributed by atoms with Crippen LogP contribution in [-0.2, 0) is 9.59 Å². The SMILES string of the molecule is COc1cc(OC)cc(N2C(=O)CC(c3ccc(OC)cc3OC)C3=C2CCCC3=O)c1. The van der Waals surface area contributed by atoms with Crippen LogP contribution in [0.4, 0.5) is 5.69 Å². The number of anilines is 1. The van der Waals surface area contributed by atoms with E-state index in [0.29, 0.717) is 53.5 Å². The maximum atomic E-state index is 13.5. The Kier molecular flexibility index (Phi) is 6.08. The molecule has 7 heteroatoms. The number of Topliss-reactive ketones (excluding diaryl/α,β-unsaturated/α-hetero) is 1. The molecule has 1 unspecified atom stereocenters. The van der Waals surface area contributed by atoms with Crippen molar-refractivity contribution in [1.29, 1.82) is 0 Å². The molecule has 0 fully saturated rings. The fourth-order valence-electron chi connectivity index (χ4n) is 4.59. The van der Waals surface area contributed by atoms with Gasteiger partial charge in [-0.3, -0.25) is 14.5 Å². The molecule has 32 heavy (non-hydrogen) atoms. The monoisotopic (exact) mass is 437 g/mol. The first-order chi connectivity index (χ1) is 15.5. The molecule has 0 N–H and O–H groups in total. The first kappa shape index (κ1) is 21.7. The predicted octanol–water partition coefficient (Wildman–Crippen LogP) is 4.25. The van der Waals surface area contributed by atoms with Crippen molar-refractivity contribution in [1.82, 2.24) is 0 Å². The van der Waals surface area contributed by atoms with Crippen LogP contribution in [0.25, 0.3) is 0 Å². The van der Waals surface area contributed by atoms with Crippen LogP contribution in [0.3, 0.4) is 0 Å². The van der Waals surface area contributed by atoms with Gasteiger partial charge in [0.25, 0.3) is 0 Å². The van der Waals surface area contributed by atoms with E-state index in [1.54, 1.807) is 57.6 Å². The van der Waals surface area contributed by atoms with E-state index in [-0.39, 0.29) is 24.0 Å². The molecule has 0 radical (unpaired) electrons. The molecular formula is C25H27NO6. The first-order valence-corrected chi connectivity index (χ1v) is 10.5. The second kappa shape index (κ2) is 8.94. The standard InChI is InChI=1S/C25H27NO6/c1-29-16-8-9-19(23(13-16)32-4)20-14-24(28)26(21-6-5-7-22(27)25(20)21)15-10-17(30-2)12-18(11-15)31-3/h8-13,20H,5-7,14H2,1-4H3. The average molecular weight is 437 g/mol. The molecule has 0 saturated carbocycles. The number of hydrogen-bond donors (Lipinski definition) is 0. The van der Waals surface area contributed by atoms with Gasteiger partial charge in [0.1, 0.15) is 23.0 Å². The lowest BCUT2D eigenvalue weighted by Crippen LogP contribution is -2.40. The minimum Gasteiger partial charge on any atom is -0.497 e. The predicted molar refractivity (Wildman–Crippen MR) is 120 cm³/mol. The number of carbonyl (C=O) groups is 2. The van der Waals surface area contributed by atoms with Gasteiger partial charge in [-0.2, -0.15) is 0 Å². The van der Waals surface area contributed by atoms with Gasteiger partial charge in [-0.1, -0.05) is 6.07 Å². The molecule has 1 heterocycles. The quantitative estimate of drug-likeness (QED) is 0.673. The number of allylic oxidation sites excluding steroid dienone is 2. The molecule has 4 rings (SSSR count). The van der Waals surface area contributed by atoms with Gasteiger partial charge in [0.15, 0.2) is 5.78 Å². The van der Waals surface area contributed by atoms with E-state index in [4.69, 9.17) is 18.9 Å². The molecule has 1 aliphatic carbocycles. The summed E-state index contributed by atoms with van der Waals surface area (Å²) in [5.41, 5.74) is 2.87. The van der Waals surface area contributed by atoms with Crippen LogP contribution >= 0.6 is 0 Å². The number of methoxy groups -OCH3 is 4. The van der Waals surface area contributed by atoms with Gasteiger partial charge >= 0.3 is 0 Å². The van der Waals surface area contributed by atoms with E-state index in [1.807, 2.05) is 12.1 Å². The van der Waals surface area contributed by atoms with Crippen molar-refractivity contribution in [3.63, 3.8) is 0 Å². The molecule has 0 spiro atoms. The lowest BCUT2D eigenvalue weighted by Gasteiger charge is -2.38. The van der Waals surface area contributed by atoms with Gasteiger partial charge in [-0.25, -0.2) is 0 Å². The smallest absolute Gasteiger partial charge is 0.232 e. The maximum absolute atomic E-state index is 13.5. The van der Waals surface area contributed by atoms with E-state index < -0.39 is 0 Å². The highest BCUT2D eigenvalue weighted by atomic mass is 16.5. The van der Waals surface area contributed by atoms with Crippen molar-refractivity contribution in [2.24, 2.45) is 0 Å². The molecule has 7 nitrogen and oxygen atoms in total. The Labute approximate surface area is 187 Å². The third kappa shape index (κ3) is 3.79. The van der Waals surface area contributed by atoms with Gasteiger partial charge in [0, 0.05) is 59.9 Å². The Morgan fingerprint density at radius 2 is 1.50 bits per heavy atom. The van der Waals surface area contributed by atoms with Crippen molar-refractivity contribution in [3.05, 3.63) is 53.2 Å². The third-order valence-corrected chi connectivity index (χ3v) is 6.09. The second-order valence-corrected chi connectivity index (χ2v) is 7.80. The van der Waals surface area contributed by atoms with Crippen LogP contribution in [0.15, 0.2) is 47.7 Å². The summed E-state index contributed by atoms with van der Waals surface area (Å²) in [6.07, 6.45) is 1.97. The molecule has 0 saturated heterocycles. The number of ketones is 1. The Bertz CT molecular complexity index is 1070. The first-order valence-electron chi connectivity index (χ1n) is 10.5. The van der Waals surface area contributed by atoms with Gasteiger partial charge in [-0.15, -0.1) is 0 Å². The van der Waals surface area contributed by atoms with Crippen molar-refractivity contribution >= 4 is 17.4 Å². The molecule has 2 aliphatic rings. The molecule has 0 aromatic heterocycles. The van der Waals surface area contributed by atoms with Gasteiger partial charge in [0.05, 0.1) is 34.1 Å². The van der Waals surface area contributed by atoms with Crippen molar-refractivity contribution < 1.29 is 28.5 Å². The molecule has 1 atom stereocenters. The summed E-state index contributed by atoms with van der Waals surface area (Å²) in [6, 6.07) is 10.8. The topological polar surface area (TPSA) is 74.3 Å². The van der Waals surface area contributed by atoms with Crippen molar-refractivity contribution in [2.45, 2.75) is 31.6 Å². The van der Waals surface area contributed by atoms with Crippen LogP contribution in [0.2, 0.25) is 0 Å². The number of amides is 1. The maximum Gasteiger partial charge on any atom is 0.232 e. The lowest BCUT2D eigenvalue weighted by molar-refractivity contribution is -0.119. The van der Waals surface area contributed by atoms with Crippen LogP contribution in [0.5, 0.6) is 23.0 Å². The summed E-state index contributed by atoms with van der Waals surface area (Å²) in [7, 11) is 6.30. The van der Waals surface area contributed by atoms with Crippen LogP contribution in [0, 0.1) is 0 Å². The van der Waals surface area contributed by atoms with Gasteiger partial charge in [0.2, 0.25) is 5.91 Å². The van der Waals surface area contributed by atoms with Crippen molar-refractivity contribution in [3.8, 4) is 23.0 Å². The summed E-state index contributed by atoms with van der Waals surface area (Å²) < 4.78 is 21.7. The lowest BCUT2D eigenvalue weighted by atomic mass is 9.76. The number of rotatable bonds is 6. The molecule has 2 aromatic carbocycles. The zero-order valence-electron chi connectivity index (χ0n) is 18.8. The average Bonchev–Trinajstić information content (AvgIpc) is 2.82. The van der Waals surface area contributed by atoms with E-state index in [1.165, 1.54) is 0 Å². The number of ether oxygens (including phenoxy) is 4. The number of benzene rings is 2. The fourth-order valence-corrected chi connectivity index (χ4v) is 4.59. The molecule has 2 aromatic rings. The zero-order chi connectivity index (χ0) is 22.8. The highest BCUT2D eigenvalue weighted by molar-refractivity contribution is 6.07. The summed E-state index contributed by atoms with van der Waals surface area (Å²) in [4.78, 5) is 28.3. The zero-order valence-corrected chi connectivity index (χ0v) is 18.8. The summed E-state index contributed by atoms with van der Waals surface area (Å²) in [5, 5.41) is 0. The van der Waals surface area contributed by atoms with Crippen LogP contribution in [-0.4, -0.2) is 40.1 Å². The van der Waals surface area contributed by atoms with Gasteiger partial charge < -0.3 is 18.9 Å². The summed E-state index contributed by atoms with van der Waals surface area (Å²) in [6.45, 7) is 0. The van der Waals surface area contributed by atoms with E-state index in [9.17, 15) is 9.59 Å². The third-order valence-electron chi connectivity index (χ3n) is 6.09. The number of nitrogens with zero attached hydrogens (tertiary/aromatic N) is 1. The molecule has 168 valence electrons. The molecule has 1 amide bonds. The Morgan fingerprint density at radius 1 is 0.812 bits per heavy atom. The van der Waals surface area contributed by atoms with E-state index in [0.717, 1.165) is 11.3 Å². The highest BCUT2D eigenvalue weighted by Crippen LogP contribution is 2.46. The fraction of sp³-hybridized carbons (Fsp3) is 0.360. The molecule has 0 bridgehead atoms. The van der Waals surface area contributed by atoms with Gasteiger partial charge in [-0.05, 0) is 18.9 Å². The van der Waals surface area contributed by atoms with E-state index in [2.05, 4.69) is 0 Å².